The fourth-order valence-electron chi connectivity index (χ4n) is 2.03. The Morgan fingerprint density at radius 3 is 2.62 bits per heavy atom. The van der Waals surface area contributed by atoms with Crippen LogP contribution in [-0.2, 0) is 11.2 Å². The summed E-state index contributed by atoms with van der Waals surface area (Å²) in [4.78, 5) is 4.44. The summed E-state index contributed by atoms with van der Waals surface area (Å²) in [5, 5.41) is 6.59. The highest BCUT2D eigenvalue weighted by Gasteiger charge is 2.00. The highest BCUT2D eigenvalue weighted by molar-refractivity contribution is 14.0. The number of halogens is 1. The first-order valence-corrected chi connectivity index (χ1v) is 7.24. The number of aryl methyl sites for hydroxylation is 2. The second kappa shape index (κ2) is 11.8. The first-order chi connectivity index (χ1) is 9.67. The molecule has 120 valence electrons. The van der Waals surface area contributed by atoms with E-state index in [1.807, 2.05) is 0 Å². The van der Waals surface area contributed by atoms with E-state index in [4.69, 9.17) is 4.74 Å². The number of benzene rings is 1. The number of aliphatic imine (C=N–C) groups is 1. The Labute approximate surface area is 145 Å². The molecule has 0 spiro atoms. The molecule has 1 aromatic carbocycles. The molecule has 2 N–H and O–H groups in total. The number of methoxy groups -OCH3 is 1. The Kier molecular flexibility index (Phi) is 11.3. The molecule has 0 saturated heterocycles. The van der Waals surface area contributed by atoms with Gasteiger partial charge in [-0.2, -0.15) is 0 Å². The van der Waals surface area contributed by atoms with E-state index in [-0.39, 0.29) is 24.0 Å². The molecule has 0 aliphatic heterocycles. The SMILES string of the molecule is CCNC(=NCCOC)NCCc1ccc(C)cc1C.I. The Morgan fingerprint density at radius 2 is 2.00 bits per heavy atom. The van der Waals surface area contributed by atoms with Crippen LogP contribution in [0.15, 0.2) is 23.2 Å². The van der Waals surface area contributed by atoms with Crippen LogP contribution >= 0.6 is 24.0 Å². The third-order valence-corrected chi connectivity index (χ3v) is 3.09. The molecule has 1 rings (SSSR count). The highest BCUT2D eigenvalue weighted by Crippen LogP contribution is 2.10. The number of hydrogen-bond donors (Lipinski definition) is 2. The van der Waals surface area contributed by atoms with Crippen LogP contribution in [0.1, 0.15) is 23.6 Å². The summed E-state index contributed by atoms with van der Waals surface area (Å²) < 4.78 is 5.01. The molecule has 0 heterocycles. The van der Waals surface area contributed by atoms with Gasteiger partial charge in [0, 0.05) is 20.2 Å². The maximum Gasteiger partial charge on any atom is 0.191 e. The minimum atomic E-state index is 0. The predicted octanol–water partition coefficient (Wildman–Crippen LogP) is 2.67. The number of nitrogens with zero attached hydrogens (tertiary/aromatic N) is 1. The normalized spacial score (nSPS) is 11.0. The molecule has 0 aliphatic rings. The second-order valence-electron chi connectivity index (χ2n) is 4.86. The van der Waals surface area contributed by atoms with E-state index in [1.165, 1.54) is 16.7 Å². The molecule has 0 fully saturated rings. The van der Waals surface area contributed by atoms with Crippen LogP contribution in [0.3, 0.4) is 0 Å². The fourth-order valence-corrected chi connectivity index (χ4v) is 2.03. The monoisotopic (exact) mass is 405 g/mol. The summed E-state index contributed by atoms with van der Waals surface area (Å²) in [6.07, 6.45) is 1.00. The molecule has 0 aliphatic carbocycles. The summed E-state index contributed by atoms with van der Waals surface area (Å²) in [6, 6.07) is 6.61. The van der Waals surface area contributed by atoms with Gasteiger partial charge in [-0.05, 0) is 38.3 Å². The van der Waals surface area contributed by atoms with Crippen molar-refractivity contribution in [2.75, 3.05) is 33.4 Å². The second-order valence-corrected chi connectivity index (χ2v) is 4.86. The Morgan fingerprint density at radius 1 is 1.24 bits per heavy atom. The van der Waals surface area contributed by atoms with E-state index in [0.717, 1.165) is 25.5 Å². The van der Waals surface area contributed by atoms with E-state index in [2.05, 4.69) is 54.6 Å². The smallest absolute Gasteiger partial charge is 0.191 e. The molecule has 0 amide bonds. The topological polar surface area (TPSA) is 45.7 Å². The number of ether oxygens (including phenoxy) is 1. The van der Waals surface area contributed by atoms with Gasteiger partial charge >= 0.3 is 0 Å². The summed E-state index contributed by atoms with van der Waals surface area (Å²) in [6.45, 7) is 9.42. The molecule has 0 atom stereocenters. The molecule has 0 radical (unpaired) electrons. The van der Waals surface area contributed by atoms with Crippen molar-refractivity contribution in [3.8, 4) is 0 Å². The van der Waals surface area contributed by atoms with Crippen molar-refractivity contribution in [3.63, 3.8) is 0 Å². The lowest BCUT2D eigenvalue weighted by molar-refractivity contribution is 0.208. The van der Waals surface area contributed by atoms with Gasteiger partial charge in [-0.25, -0.2) is 0 Å². The van der Waals surface area contributed by atoms with Crippen molar-refractivity contribution in [3.05, 3.63) is 34.9 Å². The zero-order valence-corrected chi connectivity index (χ0v) is 15.9. The molecule has 5 heteroatoms. The van der Waals surface area contributed by atoms with Gasteiger partial charge < -0.3 is 15.4 Å². The molecule has 0 saturated carbocycles. The Balaban J connectivity index is 0.00000400. The van der Waals surface area contributed by atoms with Crippen molar-refractivity contribution in [2.45, 2.75) is 27.2 Å². The first-order valence-electron chi connectivity index (χ1n) is 7.24. The minimum absolute atomic E-state index is 0. The van der Waals surface area contributed by atoms with Gasteiger partial charge in [0.2, 0.25) is 0 Å². The van der Waals surface area contributed by atoms with Gasteiger partial charge in [0.25, 0.3) is 0 Å². The molecule has 0 unspecified atom stereocenters. The van der Waals surface area contributed by atoms with Crippen molar-refractivity contribution in [2.24, 2.45) is 4.99 Å². The summed E-state index contributed by atoms with van der Waals surface area (Å²) in [5.41, 5.74) is 4.05. The van der Waals surface area contributed by atoms with Gasteiger partial charge in [0.05, 0.1) is 13.2 Å². The van der Waals surface area contributed by atoms with Crippen LogP contribution in [0.5, 0.6) is 0 Å². The van der Waals surface area contributed by atoms with Crippen molar-refractivity contribution in [1.82, 2.24) is 10.6 Å². The van der Waals surface area contributed by atoms with Crippen molar-refractivity contribution >= 4 is 29.9 Å². The first kappa shape index (κ1) is 20.2. The van der Waals surface area contributed by atoms with E-state index < -0.39 is 0 Å². The van der Waals surface area contributed by atoms with Gasteiger partial charge in [-0.15, -0.1) is 24.0 Å². The van der Waals surface area contributed by atoms with E-state index in [1.54, 1.807) is 7.11 Å². The quantitative estimate of drug-likeness (QED) is 0.317. The lowest BCUT2D eigenvalue weighted by atomic mass is 10.0. The van der Waals surface area contributed by atoms with Gasteiger partial charge in [-0.3, -0.25) is 4.99 Å². The number of hydrogen-bond acceptors (Lipinski definition) is 2. The summed E-state index contributed by atoms with van der Waals surface area (Å²) in [5.74, 6) is 0.856. The van der Waals surface area contributed by atoms with Crippen LogP contribution in [0.25, 0.3) is 0 Å². The zero-order chi connectivity index (χ0) is 14.8. The average Bonchev–Trinajstić information content (AvgIpc) is 2.41. The Bertz CT molecular complexity index is 436. The molecule has 0 bridgehead atoms. The predicted molar refractivity (Wildman–Crippen MR) is 101 cm³/mol. The number of rotatable bonds is 7. The minimum Gasteiger partial charge on any atom is -0.383 e. The largest absolute Gasteiger partial charge is 0.383 e. The third-order valence-electron chi connectivity index (χ3n) is 3.09. The van der Waals surface area contributed by atoms with Crippen LogP contribution in [0.2, 0.25) is 0 Å². The third kappa shape index (κ3) is 8.26. The van der Waals surface area contributed by atoms with E-state index in [0.29, 0.717) is 13.2 Å². The van der Waals surface area contributed by atoms with Gasteiger partial charge in [-0.1, -0.05) is 23.8 Å². The molecule has 21 heavy (non-hydrogen) atoms. The van der Waals surface area contributed by atoms with Crippen molar-refractivity contribution < 1.29 is 4.74 Å². The number of nitrogens with one attached hydrogen (secondary N) is 2. The molecule has 1 aromatic rings. The lowest BCUT2D eigenvalue weighted by Gasteiger charge is -2.12. The highest BCUT2D eigenvalue weighted by atomic mass is 127. The zero-order valence-electron chi connectivity index (χ0n) is 13.5. The maximum atomic E-state index is 5.01. The van der Waals surface area contributed by atoms with Crippen LogP contribution in [0.4, 0.5) is 0 Å². The Hall–Kier alpha value is -0.820. The van der Waals surface area contributed by atoms with E-state index >= 15 is 0 Å². The van der Waals surface area contributed by atoms with Crippen LogP contribution < -0.4 is 10.6 Å². The summed E-state index contributed by atoms with van der Waals surface area (Å²) >= 11 is 0. The van der Waals surface area contributed by atoms with Crippen LogP contribution in [0, 0.1) is 13.8 Å². The van der Waals surface area contributed by atoms with Gasteiger partial charge in [0.1, 0.15) is 0 Å². The fraction of sp³-hybridized carbons (Fsp3) is 0.562. The van der Waals surface area contributed by atoms with Gasteiger partial charge in [0.15, 0.2) is 5.96 Å². The standard InChI is InChI=1S/C16H27N3O.HI/c1-5-17-16(19-10-11-20-4)18-9-8-15-7-6-13(2)12-14(15)3;/h6-7,12H,5,8-11H2,1-4H3,(H2,17,18,19);1H. The molecule has 0 aromatic heterocycles. The molecular formula is C16H28IN3O. The molecular weight excluding hydrogens is 377 g/mol. The van der Waals surface area contributed by atoms with Crippen LogP contribution in [-0.4, -0.2) is 39.3 Å². The summed E-state index contributed by atoms with van der Waals surface area (Å²) in [7, 11) is 1.69. The lowest BCUT2D eigenvalue weighted by Crippen LogP contribution is -2.38. The van der Waals surface area contributed by atoms with E-state index in [9.17, 15) is 0 Å². The van der Waals surface area contributed by atoms with Crippen molar-refractivity contribution in [1.29, 1.82) is 0 Å². The molecule has 4 nitrogen and oxygen atoms in total. The number of guanidine groups is 1. The maximum absolute atomic E-state index is 5.01. The average molecular weight is 405 g/mol.